The van der Waals surface area contributed by atoms with E-state index in [2.05, 4.69) is 6.07 Å². The Hall–Kier alpha value is -2.92. The summed E-state index contributed by atoms with van der Waals surface area (Å²) in [5.74, 6) is 0.506. The summed E-state index contributed by atoms with van der Waals surface area (Å²) in [6.07, 6.45) is 0. The molecule has 4 nitrogen and oxygen atoms in total. The minimum atomic E-state index is -0.133. The van der Waals surface area contributed by atoms with Crippen molar-refractivity contribution in [2.45, 2.75) is 13.0 Å². The Bertz CT molecular complexity index is 1100. The number of amides is 1. The van der Waals surface area contributed by atoms with E-state index in [1.807, 2.05) is 68.6 Å². The SMILES string of the molecule is COc1cc2ccccc2cc1C(=O)N(C)[C@H](C)c1nc2ccccc2s1. The van der Waals surface area contributed by atoms with Gasteiger partial charge in [-0.25, -0.2) is 4.98 Å². The number of ether oxygens (including phenoxy) is 1. The summed E-state index contributed by atoms with van der Waals surface area (Å²) in [7, 11) is 3.41. The van der Waals surface area contributed by atoms with Crippen molar-refractivity contribution in [3.8, 4) is 5.75 Å². The Morgan fingerprint density at radius 3 is 2.44 bits per heavy atom. The largest absolute Gasteiger partial charge is 0.496 e. The normalized spacial score (nSPS) is 12.3. The summed E-state index contributed by atoms with van der Waals surface area (Å²) in [4.78, 5) is 19.6. The fourth-order valence-corrected chi connectivity index (χ4v) is 4.22. The zero-order valence-corrected chi connectivity index (χ0v) is 16.3. The van der Waals surface area contributed by atoms with E-state index in [9.17, 15) is 4.79 Å². The third-order valence-electron chi connectivity index (χ3n) is 4.87. The van der Waals surface area contributed by atoms with Gasteiger partial charge in [0.25, 0.3) is 5.91 Å². The molecular weight excluding hydrogens is 356 g/mol. The molecule has 4 aromatic rings. The van der Waals surface area contributed by atoms with Crippen molar-refractivity contribution in [1.29, 1.82) is 0 Å². The van der Waals surface area contributed by atoms with Crippen LogP contribution in [0.1, 0.15) is 28.3 Å². The number of aromatic nitrogens is 1. The summed E-state index contributed by atoms with van der Waals surface area (Å²) >= 11 is 1.62. The molecule has 0 aliphatic carbocycles. The Balaban J connectivity index is 1.69. The van der Waals surface area contributed by atoms with E-state index in [0.717, 1.165) is 26.0 Å². The van der Waals surface area contributed by atoms with Gasteiger partial charge in [-0.3, -0.25) is 4.79 Å². The van der Waals surface area contributed by atoms with Gasteiger partial charge in [0.15, 0.2) is 0 Å². The van der Waals surface area contributed by atoms with Gasteiger partial charge in [-0.15, -0.1) is 11.3 Å². The van der Waals surface area contributed by atoms with Gasteiger partial charge in [0.1, 0.15) is 10.8 Å². The highest BCUT2D eigenvalue weighted by Gasteiger charge is 2.24. The van der Waals surface area contributed by atoms with Crippen molar-refractivity contribution in [1.82, 2.24) is 9.88 Å². The fourth-order valence-electron chi connectivity index (χ4n) is 3.16. The molecule has 0 saturated heterocycles. The molecule has 4 rings (SSSR count). The van der Waals surface area contributed by atoms with Crippen LogP contribution in [0.3, 0.4) is 0 Å². The molecule has 0 fully saturated rings. The summed E-state index contributed by atoms with van der Waals surface area (Å²) in [6, 6.07) is 19.7. The van der Waals surface area contributed by atoms with Crippen LogP contribution in [0.2, 0.25) is 0 Å². The highest BCUT2D eigenvalue weighted by Crippen LogP contribution is 2.32. The molecule has 5 heteroatoms. The highest BCUT2D eigenvalue weighted by atomic mass is 32.1. The van der Waals surface area contributed by atoms with Crippen LogP contribution >= 0.6 is 11.3 Å². The van der Waals surface area contributed by atoms with E-state index >= 15 is 0 Å². The van der Waals surface area contributed by atoms with Gasteiger partial charge in [0.2, 0.25) is 0 Å². The van der Waals surface area contributed by atoms with E-state index in [-0.39, 0.29) is 11.9 Å². The van der Waals surface area contributed by atoms with Gasteiger partial charge in [-0.1, -0.05) is 36.4 Å². The lowest BCUT2D eigenvalue weighted by atomic mass is 10.0. The topological polar surface area (TPSA) is 42.4 Å². The van der Waals surface area contributed by atoms with Crippen LogP contribution in [0.15, 0.2) is 60.7 Å². The van der Waals surface area contributed by atoms with Crippen molar-refractivity contribution in [3.63, 3.8) is 0 Å². The predicted molar refractivity (Wildman–Crippen MR) is 111 cm³/mol. The van der Waals surface area contributed by atoms with Gasteiger partial charge in [0.05, 0.1) is 28.9 Å². The molecule has 0 radical (unpaired) electrons. The number of rotatable bonds is 4. The Labute approximate surface area is 162 Å². The third kappa shape index (κ3) is 3.15. The van der Waals surface area contributed by atoms with Crippen LogP contribution in [-0.2, 0) is 0 Å². The Morgan fingerprint density at radius 1 is 1.07 bits per heavy atom. The van der Waals surface area contributed by atoms with E-state index in [0.29, 0.717) is 11.3 Å². The van der Waals surface area contributed by atoms with Crippen LogP contribution in [0.4, 0.5) is 0 Å². The van der Waals surface area contributed by atoms with Gasteiger partial charge in [-0.05, 0) is 42.0 Å². The van der Waals surface area contributed by atoms with Crippen LogP contribution in [0.5, 0.6) is 5.75 Å². The molecule has 136 valence electrons. The Kier molecular flexibility index (Phi) is 4.54. The molecular formula is C22H20N2O2S. The number of benzene rings is 3. The molecule has 0 aliphatic heterocycles. The number of para-hydroxylation sites is 1. The maximum absolute atomic E-state index is 13.2. The van der Waals surface area contributed by atoms with Gasteiger partial charge in [-0.2, -0.15) is 0 Å². The predicted octanol–water partition coefficient (Wildman–Crippen LogP) is 5.29. The molecule has 0 unspecified atom stereocenters. The average molecular weight is 376 g/mol. The van der Waals surface area contributed by atoms with E-state index in [1.54, 1.807) is 23.3 Å². The first-order valence-corrected chi connectivity index (χ1v) is 9.59. The second-order valence-corrected chi connectivity index (χ2v) is 7.57. The highest BCUT2D eigenvalue weighted by molar-refractivity contribution is 7.18. The van der Waals surface area contributed by atoms with Gasteiger partial charge in [0, 0.05) is 7.05 Å². The first-order valence-electron chi connectivity index (χ1n) is 8.78. The third-order valence-corrected chi connectivity index (χ3v) is 6.07. The minimum absolute atomic E-state index is 0.0793. The number of carbonyl (C=O) groups is 1. The van der Waals surface area contributed by atoms with E-state index in [1.165, 1.54) is 0 Å². The van der Waals surface area contributed by atoms with Crippen LogP contribution in [-0.4, -0.2) is 29.9 Å². The molecule has 1 aromatic heterocycles. The zero-order valence-electron chi connectivity index (χ0n) is 15.5. The van der Waals surface area contributed by atoms with Gasteiger partial charge < -0.3 is 9.64 Å². The molecule has 0 spiro atoms. The van der Waals surface area contributed by atoms with Crippen LogP contribution in [0.25, 0.3) is 21.0 Å². The second-order valence-electron chi connectivity index (χ2n) is 6.51. The zero-order chi connectivity index (χ0) is 19.0. The van der Waals surface area contributed by atoms with Crippen molar-refractivity contribution < 1.29 is 9.53 Å². The van der Waals surface area contributed by atoms with E-state index < -0.39 is 0 Å². The number of thiazole rings is 1. The molecule has 0 saturated carbocycles. The first-order chi connectivity index (χ1) is 13.1. The number of nitrogens with zero attached hydrogens (tertiary/aromatic N) is 2. The summed E-state index contributed by atoms with van der Waals surface area (Å²) < 4.78 is 6.63. The summed E-state index contributed by atoms with van der Waals surface area (Å²) in [5, 5.41) is 2.99. The molecule has 1 atom stereocenters. The fraction of sp³-hybridized carbons (Fsp3) is 0.182. The number of hydrogen-bond acceptors (Lipinski definition) is 4. The number of carbonyl (C=O) groups excluding carboxylic acids is 1. The average Bonchev–Trinajstić information content (AvgIpc) is 3.15. The maximum Gasteiger partial charge on any atom is 0.257 e. The number of methoxy groups -OCH3 is 1. The second kappa shape index (κ2) is 7.00. The first kappa shape index (κ1) is 17.5. The standard InChI is InChI=1S/C22H20N2O2S/c1-14(21-23-18-10-6-7-11-20(18)27-21)24(2)22(25)17-12-15-8-4-5-9-16(15)13-19(17)26-3/h4-14H,1-3H3/t14-/m1/s1. The van der Waals surface area contributed by atoms with E-state index in [4.69, 9.17) is 9.72 Å². The Morgan fingerprint density at radius 2 is 1.74 bits per heavy atom. The van der Waals surface area contributed by atoms with Crippen molar-refractivity contribution >= 4 is 38.2 Å². The molecule has 1 heterocycles. The lowest BCUT2D eigenvalue weighted by Gasteiger charge is -2.24. The minimum Gasteiger partial charge on any atom is -0.496 e. The van der Waals surface area contributed by atoms with Crippen LogP contribution < -0.4 is 4.74 Å². The van der Waals surface area contributed by atoms with Gasteiger partial charge >= 0.3 is 0 Å². The summed E-state index contributed by atoms with van der Waals surface area (Å²) in [5.41, 5.74) is 1.53. The van der Waals surface area contributed by atoms with Crippen molar-refractivity contribution in [2.75, 3.05) is 14.2 Å². The summed E-state index contributed by atoms with van der Waals surface area (Å²) in [6.45, 7) is 2.00. The molecule has 0 aliphatic rings. The lowest BCUT2D eigenvalue weighted by molar-refractivity contribution is 0.0739. The van der Waals surface area contributed by atoms with Crippen molar-refractivity contribution in [2.24, 2.45) is 0 Å². The lowest BCUT2D eigenvalue weighted by Crippen LogP contribution is -2.30. The molecule has 0 bridgehead atoms. The quantitative estimate of drug-likeness (QED) is 0.486. The maximum atomic E-state index is 13.2. The molecule has 0 N–H and O–H groups in total. The number of hydrogen-bond donors (Lipinski definition) is 0. The van der Waals surface area contributed by atoms with Crippen LogP contribution in [0, 0.1) is 0 Å². The smallest absolute Gasteiger partial charge is 0.257 e. The monoisotopic (exact) mass is 376 g/mol. The van der Waals surface area contributed by atoms with Crippen molar-refractivity contribution in [3.05, 3.63) is 71.2 Å². The molecule has 3 aromatic carbocycles. The number of fused-ring (bicyclic) bond motifs is 2. The molecule has 1 amide bonds. The molecule has 27 heavy (non-hydrogen) atoms.